The maximum atomic E-state index is 6.04. The average molecular weight is 343 g/mol. The molecule has 0 N–H and O–H groups in total. The standard InChI is InChI=1S/C20H42N2O2/c1-10-11-20(16-19(2)3,17-23-14-12-21(4,5)6)18-24-15-13-22(7,8)9/h10H,1-2,11-18H2,3-9H3/q+2. The molecule has 0 aliphatic carbocycles. The van der Waals surface area contributed by atoms with E-state index in [1.807, 2.05) is 6.08 Å². The number of quaternary nitrogens is 2. The molecule has 0 radical (unpaired) electrons. The molecule has 4 nitrogen and oxygen atoms in total. The van der Waals surface area contributed by atoms with Gasteiger partial charge in [-0.1, -0.05) is 11.6 Å². The summed E-state index contributed by atoms with van der Waals surface area (Å²) in [6, 6.07) is 0. The van der Waals surface area contributed by atoms with Crippen molar-refractivity contribution in [2.45, 2.75) is 19.8 Å². The van der Waals surface area contributed by atoms with Gasteiger partial charge in [0.05, 0.1) is 68.7 Å². The molecule has 0 aromatic heterocycles. The third kappa shape index (κ3) is 12.7. The van der Waals surface area contributed by atoms with Crippen LogP contribution in [0, 0.1) is 5.41 Å². The lowest BCUT2D eigenvalue weighted by Crippen LogP contribution is -2.40. The van der Waals surface area contributed by atoms with Gasteiger partial charge in [0.15, 0.2) is 0 Å². The van der Waals surface area contributed by atoms with Crippen LogP contribution in [0.5, 0.6) is 0 Å². The Bertz CT molecular complexity index is 356. The molecule has 4 heteroatoms. The normalized spacial score (nSPS) is 13.1. The van der Waals surface area contributed by atoms with Gasteiger partial charge in [-0.15, -0.1) is 13.2 Å². The summed E-state index contributed by atoms with van der Waals surface area (Å²) in [6.45, 7) is 15.0. The van der Waals surface area contributed by atoms with Crippen LogP contribution < -0.4 is 0 Å². The summed E-state index contributed by atoms with van der Waals surface area (Å²) >= 11 is 0. The smallest absolute Gasteiger partial charge is 0.102 e. The summed E-state index contributed by atoms with van der Waals surface area (Å²) in [6.07, 6.45) is 3.78. The van der Waals surface area contributed by atoms with Crippen molar-refractivity contribution in [2.75, 3.05) is 81.8 Å². The summed E-state index contributed by atoms with van der Waals surface area (Å²) in [5, 5.41) is 0. The van der Waals surface area contributed by atoms with Crippen LogP contribution in [0.4, 0.5) is 0 Å². The summed E-state index contributed by atoms with van der Waals surface area (Å²) in [5.74, 6) is 0. The van der Waals surface area contributed by atoms with Crippen molar-refractivity contribution in [3.63, 3.8) is 0 Å². The first kappa shape index (κ1) is 23.3. The number of hydrogen-bond acceptors (Lipinski definition) is 2. The van der Waals surface area contributed by atoms with Crippen molar-refractivity contribution in [3.05, 3.63) is 24.8 Å². The van der Waals surface area contributed by atoms with Crippen LogP contribution >= 0.6 is 0 Å². The quantitative estimate of drug-likeness (QED) is 0.274. The summed E-state index contributed by atoms with van der Waals surface area (Å²) in [7, 11) is 13.1. The first-order valence-corrected chi connectivity index (χ1v) is 8.91. The molecule has 0 saturated carbocycles. The van der Waals surface area contributed by atoms with E-state index in [1.54, 1.807) is 0 Å². The monoisotopic (exact) mass is 342 g/mol. The fourth-order valence-corrected chi connectivity index (χ4v) is 2.53. The van der Waals surface area contributed by atoms with Crippen LogP contribution in [0.25, 0.3) is 0 Å². The van der Waals surface area contributed by atoms with Crippen LogP contribution in [-0.2, 0) is 9.47 Å². The van der Waals surface area contributed by atoms with Gasteiger partial charge < -0.3 is 18.4 Å². The Kier molecular flexibility index (Phi) is 10.0. The minimum atomic E-state index is -0.0522. The molecule has 0 bridgehead atoms. The molecular formula is C20H42N2O2+2. The van der Waals surface area contributed by atoms with E-state index in [9.17, 15) is 0 Å². The second-order valence-corrected chi connectivity index (χ2v) is 9.26. The van der Waals surface area contributed by atoms with Crippen LogP contribution in [0.2, 0.25) is 0 Å². The summed E-state index contributed by atoms with van der Waals surface area (Å²) in [4.78, 5) is 0. The molecule has 24 heavy (non-hydrogen) atoms. The molecule has 0 aromatic carbocycles. The molecule has 0 aromatic rings. The lowest BCUT2D eigenvalue weighted by atomic mass is 9.80. The van der Waals surface area contributed by atoms with Gasteiger partial charge in [0.25, 0.3) is 0 Å². The van der Waals surface area contributed by atoms with E-state index in [4.69, 9.17) is 9.47 Å². The second kappa shape index (κ2) is 10.3. The van der Waals surface area contributed by atoms with Gasteiger partial charge in [-0.3, -0.25) is 0 Å². The van der Waals surface area contributed by atoms with Crippen LogP contribution in [0.15, 0.2) is 24.8 Å². The van der Waals surface area contributed by atoms with Crippen molar-refractivity contribution < 1.29 is 18.4 Å². The molecule has 0 rings (SSSR count). The molecule has 0 saturated heterocycles. The zero-order valence-electron chi connectivity index (χ0n) is 17.4. The highest BCUT2D eigenvalue weighted by atomic mass is 16.5. The van der Waals surface area contributed by atoms with Gasteiger partial charge in [0, 0.05) is 5.41 Å². The number of allylic oxidation sites excluding steroid dienone is 2. The van der Waals surface area contributed by atoms with Crippen molar-refractivity contribution in [1.29, 1.82) is 0 Å². The van der Waals surface area contributed by atoms with Gasteiger partial charge in [-0.2, -0.15) is 0 Å². The molecule has 0 atom stereocenters. The lowest BCUT2D eigenvalue weighted by molar-refractivity contribution is -0.870. The van der Waals surface area contributed by atoms with Crippen molar-refractivity contribution in [2.24, 2.45) is 5.41 Å². The van der Waals surface area contributed by atoms with Gasteiger partial charge >= 0.3 is 0 Å². The zero-order chi connectivity index (χ0) is 18.9. The first-order chi connectivity index (χ1) is 10.9. The third-order valence-electron chi connectivity index (χ3n) is 3.88. The first-order valence-electron chi connectivity index (χ1n) is 8.91. The van der Waals surface area contributed by atoms with Crippen LogP contribution in [-0.4, -0.2) is 90.8 Å². The molecule has 142 valence electrons. The molecule has 0 unspecified atom stereocenters. The van der Waals surface area contributed by atoms with Crippen LogP contribution in [0.3, 0.4) is 0 Å². The van der Waals surface area contributed by atoms with E-state index in [0.717, 1.165) is 48.1 Å². The highest BCUT2D eigenvalue weighted by molar-refractivity contribution is 4.99. The number of rotatable bonds is 14. The minimum Gasteiger partial charge on any atom is -0.375 e. The Morgan fingerprint density at radius 2 is 1.33 bits per heavy atom. The molecule has 0 fully saturated rings. The van der Waals surface area contributed by atoms with Crippen molar-refractivity contribution in [3.8, 4) is 0 Å². The number of hydrogen-bond donors (Lipinski definition) is 0. The highest BCUT2D eigenvalue weighted by Gasteiger charge is 2.30. The number of ether oxygens (including phenoxy) is 2. The molecule has 0 spiro atoms. The molecular weight excluding hydrogens is 300 g/mol. The predicted molar refractivity (Wildman–Crippen MR) is 104 cm³/mol. The second-order valence-electron chi connectivity index (χ2n) is 9.26. The van der Waals surface area contributed by atoms with Crippen molar-refractivity contribution >= 4 is 0 Å². The van der Waals surface area contributed by atoms with Gasteiger partial charge in [-0.05, 0) is 19.8 Å². The van der Waals surface area contributed by atoms with Gasteiger partial charge in [-0.25, -0.2) is 0 Å². The number of likely N-dealkylation sites (N-methyl/N-ethyl adjacent to an activating group) is 2. The Morgan fingerprint density at radius 1 is 0.917 bits per heavy atom. The van der Waals surface area contributed by atoms with E-state index in [2.05, 4.69) is 62.4 Å². The minimum absolute atomic E-state index is 0.0522. The highest BCUT2D eigenvalue weighted by Crippen LogP contribution is 2.31. The topological polar surface area (TPSA) is 18.5 Å². The van der Waals surface area contributed by atoms with Gasteiger partial charge in [0.2, 0.25) is 0 Å². The fraction of sp³-hybridized carbons (Fsp3) is 0.800. The van der Waals surface area contributed by atoms with Crippen LogP contribution in [0.1, 0.15) is 19.8 Å². The van der Waals surface area contributed by atoms with E-state index in [-0.39, 0.29) is 5.41 Å². The molecule has 0 aliphatic heterocycles. The zero-order valence-corrected chi connectivity index (χ0v) is 17.4. The number of nitrogens with zero attached hydrogens (tertiary/aromatic N) is 2. The van der Waals surface area contributed by atoms with E-state index in [0.29, 0.717) is 13.2 Å². The van der Waals surface area contributed by atoms with E-state index in [1.165, 1.54) is 5.57 Å². The average Bonchev–Trinajstić information content (AvgIpc) is 2.37. The molecule has 0 amide bonds. The Hall–Kier alpha value is -0.680. The Labute approximate surface area is 150 Å². The fourth-order valence-electron chi connectivity index (χ4n) is 2.53. The third-order valence-corrected chi connectivity index (χ3v) is 3.88. The van der Waals surface area contributed by atoms with E-state index < -0.39 is 0 Å². The van der Waals surface area contributed by atoms with Crippen molar-refractivity contribution in [1.82, 2.24) is 0 Å². The van der Waals surface area contributed by atoms with Gasteiger partial charge in [0.1, 0.15) is 13.1 Å². The maximum absolute atomic E-state index is 6.04. The lowest BCUT2D eigenvalue weighted by Gasteiger charge is -2.34. The Balaban J connectivity index is 4.67. The SMILES string of the molecule is C=CCC(COCC[N+](C)(C)C)(COCC[N+](C)(C)C)CC(=C)C. The van der Waals surface area contributed by atoms with E-state index >= 15 is 0 Å². The maximum Gasteiger partial charge on any atom is 0.102 e. The predicted octanol–water partition coefficient (Wildman–Crippen LogP) is 2.96. The Morgan fingerprint density at radius 3 is 1.62 bits per heavy atom. The molecule has 0 heterocycles. The largest absolute Gasteiger partial charge is 0.375 e. The summed E-state index contributed by atoms with van der Waals surface area (Å²) in [5.41, 5.74) is 1.12. The molecule has 0 aliphatic rings. The summed E-state index contributed by atoms with van der Waals surface area (Å²) < 4.78 is 13.9.